The molecule has 2 aromatic rings. The zero-order valence-corrected chi connectivity index (χ0v) is 15.1. The van der Waals surface area contributed by atoms with Crippen molar-refractivity contribution >= 4 is 23.5 Å². The van der Waals surface area contributed by atoms with Gasteiger partial charge in [-0.05, 0) is 36.8 Å². The average Bonchev–Trinajstić information content (AvgIpc) is 2.71. The van der Waals surface area contributed by atoms with E-state index >= 15 is 0 Å². The Bertz CT molecular complexity index is 883. The molecule has 0 unspecified atom stereocenters. The Balaban J connectivity index is 1.50. The van der Waals surface area contributed by atoms with Gasteiger partial charge in [0.15, 0.2) is 13.2 Å². The minimum absolute atomic E-state index is 0.00646. The van der Waals surface area contributed by atoms with Crippen LogP contribution in [0.15, 0.2) is 48.5 Å². The van der Waals surface area contributed by atoms with Gasteiger partial charge in [0.1, 0.15) is 11.5 Å². The first kappa shape index (κ1) is 19.2. The van der Waals surface area contributed by atoms with E-state index in [2.05, 4.69) is 5.32 Å². The van der Waals surface area contributed by atoms with Gasteiger partial charge in [0.25, 0.3) is 11.8 Å². The Morgan fingerprint density at radius 1 is 1.18 bits per heavy atom. The molecule has 2 amide bonds. The van der Waals surface area contributed by atoms with Crippen LogP contribution in [0.5, 0.6) is 11.5 Å². The number of nitrogens with one attached hydrogen (secondary N) is 1. The van der Waals surface area contributed by atoms with Crippen molar-refractivity contribution in [1.29, 1.82) is 0 Å². The first-order valence-electron chi connectivity index (χ1n) is 8.79. The molecule has 1 aliphatic rings. The molecule has 0 bridgehead atoms. The number of fused-ring (bicyclic) bond motifs is 1. The Kier molecular flexibility index (Phi) is 6.11. The van der Waals surface area contributed by atoms with Gasteiger partial charge in [0.05, 0.1) is 5.69 Å². The van der Waals surface area contributed by atoms with Gasteiger partial charge < -0.3 is 24.8 Å². The molecule has 0 aliphatic carbocycles. The van der Waals surface area contributed by atoms with Crippen LogP contribution < -0.4 is 19.7 Å². The third-order valence-electron chi connectivity index (χ3n) is 4.11. The first-order chi connectivity index (χ1) is 13.5. The van der Waals surface area contributed by atoms with Crippen molar-refractivity contribution in [2.45, 2.75) is 6.42 Å². The van der Waals surface area contributed by atoms with Gasteiger partial charge in [0, 0.05) is 18.7 Å². The number of hydrogen-bond acceptors (Lipinski definition) is 5. The molecule has 1 heterocycles. The molecular weight excluding hydrogens is 364 g/mol. The molecule has 2 aromatic carbocycles. The third-order valence-corrected chi connectivity index (χ3v) is 4.11. The van der Waals surface area contributed by atoms with E-state index in [9.17, 15) is 14.4 Å². The number of rotatable bonds is 8. The largest absolute Gasteiger partial charge is 0.482 e. The molecule has 146 valence electrons. The van der Waals surface area contributed by atoms with Crippen molar-refractivity contribution in [3.8, 4) is 11.5 Å². The number of anilines is 1. The SMILES string of the molecule is O=C(O)COc1cccc(C(=O)NCCCN2C(=O)COc3ccccc32)c1. The predicted octanol–water partition coefficient (Wildman–Crippen LogP) is 1.70. The molecule has 0 saturated carbocycles. The molecule has 0 spiro atoms. The minimum Gasteiger partial charge on any atom is -0.482 e. The van der Waals surface area contributed by atoms with E-state index < -0.39 is 12.6 Å². The van der Waals surface area contributed by atoms with Crippen molar-refractivity contribution in [1.82, 2.24) is 5.32 Å². The number of nitrogens with zero attached hydrogens (tertiary/aromatic N) is 1. The molecule has 0 fully saturated rings. The van der Waals surface area contributed by atoms with Crippen LogP contribution in [0.25, 0.3) is 0 Å². The van der Waals surface area contributed by atoms with Gasteiger partial charge in [-0.15, -0.1) is 0 Å². The van der Waals surface area contributed by atoms with E-state index in [0.717, 1.165) is 5.69 Å². The Morgan fingerprint density at radius 3 is 2.82 bits per heavy atom. The number of hydrogen-bond donors (Lipinski definition) is 2. The van der Waals surface area contributed by atoms with Gasteiger partial charge >= 0.3 is 5.97 Å². The van der Waals surface area contributed by atoms with Crippen molar-refractivity contribution in [2.24, 2.45) is 0 Å². The lowest BCUT2D eigenvalue weighted by Gasteiger charge is -2.29. The highest BCUT2D eigenvalue weighted by Crippen LogP contribution is 2.31. The fraction of sp³-hybridized carbons (Fsp3) is 0.250. The van der Waals surface area contributed by atoms with Gasteiger partial charge in [-0.25, -0.2) is 4.79 Å². The fourth-order valence-electron chi connectivity index (χ4n) is 2.81. The van der Waals surface area contributed by atoms with E-state index in [-0.39, 0.29) is 18.4 Å². The lowest BCUT2D eigenvalue weighted by atomic mass is 10.2. The second kappa shape index (κ2) is 8.90. The topological polar surface area (TPSA) is 105 Å². The van der Waals surface area contributed by atoms with Crippen molar-refractivity contribution in [2.75, 3.05) is 31.2 Å². The van der Waals surface area contributed by atoms with Crippen LogP contribution in [-0.4, -0.2) is 49.2 Å². The quantitative estimate of drug-likeness (QED) is 0.671. The smallest absolute Gasteiger partial charge is 0.341 e. The highest BCUT2D eigenvalue weighted by atomic mass is 16.5. The van der Waals surface area contributed by atoms with Crippen LogP contribution in [0.3, 0.4) is 0 Å². The Labute approximate surface area is 161 Å². The summed E-state index contributed by atoms with van der Waals surface area (Å²) in [6.07, 6.45) is 0.570. The second-order valence-electron chi connectivity index (χ2n) is 6.12. The lowest BCUT2D eigenvalue weighted by Crippen LogP contribution is -2.40. The molecule has 0 radical (unpaired) electrons. The van der Waals surface area contributed by atoms with Gasteiger partial charge in [0.2, 0.25) is 0 Å². The predicted molar refractivity (Wildman–Crippen MR) is 101 cm³/mol. The van der Waals surface area contributed by atoms with Crippen molar-refractivity contribution in [3.05, 3.63) is 54.1 Å². The van der Waals surface area contributed by atoms with Crippen molar-refractivity contribution < 1.29 is 29.0 Å². The van der Waals surface area contributed by atoms with E-state index in [1.165, 1.54) is 6.07 Å². The van der Waals surface area contributed by atoms with E-state index in [4.69, 9.17) is 14.6 Å². The molecule has 0 saturated heterocycles. The standard InChI is InChI=1S/C20H20N2O6/c23-18-12-28-17-8-2-1-7-16(17)22(18)10-4-9-21-20(26)14-5-3-6-15(11-14)27-13-19(24)25/h1-3,5-8,11H,4,9-10,12-13H2,(H,21,26)(H,24,25). The lowest BCUT2D eigenvalue weighted by molar-refractivity contribution is -0.139. The highest BCUT2D eigenvalue weighted by molar-refractivity contribution is 5.97. The second-order valence-corrected chi connectivity index (χ2v) is 6.12. The van der Waals surface area contributed by atoms with E-state index in [0.29, 0.717) is 36.6 Å². The molecular formula is C20H20N2O6. The summed E-state index contributed by atoms with van der Waals surface area (Å²) in [5, 5.41) is 11.4. The van der Waals surface area contributed by atoms with Crippen LogP contribution in [0.1, 0.15) is 16.8 Å². The summed E-state index contributed by atoms with van der Waals surface area (Å²) in [6, 6.07) is 13.6. The number of amides is 2. The molecule has 3 rings (SSSR count). The summed E-state index contributed by atoms with van der Waals surface area (Å²) in [6.45, 7) is 0.375. The summed E-state index contributed by atoms with van der Waals surface area (Å²) in [5.41, 5.74) is 1.10. The fourth-order valence-corrected chi connectivity index (χ4v) is 2.81. The molecule has 0 atom stereocenters. The van der Waals surface area contributed by atoms with Gasteiger partial charge in [-0.1, -0.05) is 18.2 Å². The average molecular weight is 384 g/mol. The van der Waals surface area contributed by atoms with E-state index in [1.807, 2.05) is 24.3 Å². The maximum atomic E-state index is 12.3. The highest BCUT2D eigenvalue weighted by Gasteiger charge is 2.24. The van der Waals surface area contributed by atoms with Crippen LogP contribution in [0, 0.1) is 0 Å². The molecule has 1 aliphatic heterocycles. The van der Waals surface area contributed by atoms with Crippen LogP contribution in [-0.2, 0) is 9.59 Å². The summed E-state index contributed by atoms with van der Waals surface area (Å²) >= 11 is 0. The number of carbonyl (C=O) groups is 3. The Hall–Kier alpha value is -3.55. The number of carboxylic acid groups (broad SMARTS) is 1. The normalized spacial score (nSPS) is 12.7. The number of aliphatic carboxylic acids is 1. The number of para-hydroxylation sites is 2. The maximum absolute atomic E-state index is 12.3. The van der Waals surface area contributed by atoms with Crippen molar-refractivity contribution in [3.63, 3.8) is 0 Å². The molecule has 28 heavy (non-hydrogen) atoms. The molecule has 8 heteroatoms. The van der Waals surface area contributed by atoms with Gasteiger partial charge in [-0.2, -0.15) is 0 Å². The number of carboxylic acids is 1. The van der Waals surface area contributed by atoms with Crippen LogP contribution in [0.2, 0.25) is 0 Å². The third kappa shape index (κ3) is 4.79. The van der Waals surface area contributed by atoms with Crippen LogP contribution >= 0.6 is 0 Å². The molecule has 2 N–H and O–H groups in total. The molecule has 0 aromatic heterocycles. The summed E-state index contributed by atoms with van der Waals surface area (Å²) in [5.74, 6) is -0.522. The first-order valence-corrected chi connectivity index (χ1v) is 8.79. The minimum atomic E-state index is -1.09. The molecule has 8 nitrogen and oxygen atoms in total. The zero-order valence-electron chi connectivity index (χ0n) is 15.1. The zero-order chi connectivity index (χ0) is 19.9. The number of benzene rings is 2. The Morgan fingerprint density at radius 2 is 2.00 bits per heavy atom. The maximum Gasteiger partial charge on any atom is 0.341 e. The summed E-state index contributed by atoms with van der Waals surface area (Å²) in [4.78, 5) is 36.6. The monoisotopic (exact) mass is 384 g/mol. The number of ether oxygens (including phenoxy) is 2. The summed E-state index contributed by atoms with van der Waals surface area (Å²) in [7, 11) is 0. The van der Waals surface area contributed by atoms with Crippen LogP contribution in [0.4, 0.5) is 5.69 Å². The van der Waals surface area contributed by atoms with Gasteiger partial charge in [-0.3, -0.25) is 9.59 Å². The number of carbonyl (C=O) groups excluding carboxylic acids is 2. The summed E-state index contributed by atoms with van der Waals surface area (Å²) < 4.78 is 10.5. The van der Waals surface area contributed by atoms with E-state index in [1.54, 1.807) is 23.1 Å².